The van der Waals surface area contributed by atoms with E-state index in [0.717, 1.165) is 6.26 Å². The van der Waals surface area contributed by atoms with E-state index in [2.05, 4.69) is 16.7 Å². The van der Waals surface area contributed by atoms with Gasteiger partial charge in [-0.2, -0.15) is 28.8 Å². The quantitative estimate of drug-likeness (QED) is 0.237. The number of fused-ring (bicyclic) bond motifs is 2. The van der Waals surface area contributed by atoms with Gasteiger partial charge in [-0.05, 0) is 57.3 Å². The van der Waals surface area contributed by atoms with E-state index in [1.807, 2.05) is 30.3 Å². The molecule has 4 aromatic rings. The van der Waals surface area contributed by atoms with E-state index in [9.17, 15) is 46.5 Å². The van der Waals surface area contributed by atoms with Gasteiger partial charge in [0.1, 0.15) is 17.9 Å². The maximum Gasteiger partial charge on any atom is 0.490 e. The number of carbonyl (C=O) groups excluding carboxylic acids is 3. The number of sulfone groups is 1. The number of likely N-dealkylation sites (N-methyl/N-ethyl adjacent to an activating group) is 1. The Bertz CT molecular complexity index is 2320. The van der Waals surface area contributed by atoms with E-state index < -0.39 is 63.6 Å². The maximum atomic E-state index is 14.6. The third kappa shape index (κ3) is 8.82. The molecule has 0 unspecified atom stereocenters. The Labute approximate surface area is 307 Å². The number of rotatable bonds is 8. The monoisotopic (exact) mass is 766 g/mol. The Kier molecular flexibility index (Phi) is 12.1. The number of halogens is 3. The van der Waals surface area contributed by atoms with Crippen LogP contribution in [-0.2, 0) is 35.6 Å². The van der Waals surface area contributed by atoms with Crippen LogP contribution in [0.3, 0.4) is 0 Å². The van der Waals surface area contributed by atoms with E-state index in [0.29, 0.717) is 27.8 Å². The van der Waals surface area contributed by atoms with E-state index in [4.69, 9.17) is 15.0 Å². The summed E-state index contributed by atoms with van der Waals surface area (Å²) in [6.07, 6.45) is -4.16. The van der Waals surface area contributed by atoms with Gasteiger partial charge in [0.05, 0.1) is 64.1 Å². The molecule has 3 atom stereocenters. The largest absolute Gasteiger partial charge is 0.490 e. The fraction of sp³-hybridized carbons (Fsp3) is 0.286. The lowest BCUT2D eigenvalue weighted by molar-refractivity contribution is -0.192. The van der Waals surface area contributed by atoms with Crippen LogP contribution >= 0.6 is 0 Å². The molecule has 0 aliphatic carbocycles. The van der Waals surface area contributed by atoms with E-state index in [1.165, 1.54) is 28.0 Å². The second-order valence-corrected chi connectivity index (χ2v) is 14.3. The summed E-state index contributed by atoms with van der Waals surface area (Å²) >= 11 is 0. The fourth-order valence-corrected chi connectivity index (χ4v) is 6.21. The number of aliphatic carboxylic acids is 1. The summed E-state index contributed by atoms with van der Waals surface area (Å²) in [4.78, 5) is 52.9. The number of nitrogens with one attached hydrogen (secondary N) is 2. The van der Waals surface area contributed by atoms with E-state index >= 15 is 0 Å². The van der Waals surface area contributed by atoms with E-state index in [-0.39, 0.29) is 23.5 Å². The third-order valence-corrected chi connectivity index (χ3v) is 9.09. The Hall–Kier alpha value is -6.31. The average molecular weight is 767 g/mol. The second-order valence-electron chi connectivity index (χ2n) is 12.1. The highest BCUT2D eigenvalue weighted by Gasteiger charge is 2.43. The van der Waals surface area contributed by atoms with Crippen LogP contribution in [0.1, 0.15) is 30.7 Å². The smallest absolute Gasteiger partial charge is 0.475 e. The van der Waals surface area contributed by atoms with Gasteiger partial charge in [-0.25, -0.2) is 17.9 Å². The summed E-state index contributed by atoms with van der Waals surface area (Å²) < 4.78 is 57.9. The SMILES string of the molecule is CN[C@@H](C)C(=O)N[C@@H]1C(=O)N(Cc2nn(-c3ccccc3C#N)c3ccccc23)c2ccc(C#N)cc2N(C(=O)CS(C)(=O)=O)[C@H]1C.O=C(O)C(F)(F)F. The van der Waals surface area contributed by atoms with Gasteiger partial charge in [-0.3, -0.25) is 14.4 Å². The lowest BCUT2D eigenvalue weighted by Crippen LogP contribution is -2.60. The molecule has 1 aliphatic rings. The topological polar surface area (TPSA) is 219 Å². The van der Waals surface area contributed by atoms with Gasteiger partial charge in [-0.1, -0.05) is 30.3 Å². The summed E-state index contributed by atoms with van der Waals surface area (Å²) in [7, 11) is -2.22. The van der Waals surface area contributed by atoms with E-state index in [1.54, 1.807) is 49.8 Å². The average Bonchev–Trinajstić information content (AvgIpc) is 3.45. The zero-order valence-corrected chi connectivity index (χ0v) is 29.9. The Morgan fingerprint density at radius 3 is 2.22 bits per heavy atom. The molecule has 0 saturated heterocycles. The number of hydrogen-bond donors (Lipinski definition) is 3. The Morgan fingerprint density at radius 1 is 1.00 bits per heavy atom. The van der Waals surface area contributed by atoms with Crippen molar-refractivity contribution >= 4 is 55.8 Å². The lowest BCUT2D eigenvalue weighted by atomic mass is 10.1. The van der Waals surface area contributed by atoms with Gasteiger partial charge < -0.3 is 25.5 Å². The molecule has 3 N–H and O–H groups in total. The third-order valence-electron chi connectivity index (χ3n) is 8.32. The fourth-order valence-electron chi connectivity index (χ4n) is 5.62. The number of amides is 3. The van der Waals surface area contributed by atoms with Crippen LogP contribution in [-0.4, -0.2) is 90.4 Å². The van der Waals surface area contributed by atoms with Crippen molar-refractivity contribution in [2.75, 3.05) is 28.9 Å². The van der Waals surface area contributed by atoms with Gasteiger partial charge in [0.25, 0.3) is 5.91 Å². The summed E-state index contributed by atoms with van der Waals surface area (Å²) in [5.41, 5.74) is 2.59. The molecule has 19 heteroatoms. The molecule has 0 spiro atoms. The molecule has 0 bridgehead atoms. The van der Waals surface area contributed by atoms with Crippen molar-refractivity contribution in [2.24, 2.45) is 0 Å². The number of nitrogens with zero attached hydrogens (tertiary/aromatic N) is 6. The van der Waals surface area contributed by atoms with Crippen molar-refractivity contribution in [3.8, 4) is 17.8 Å². The summed E-state index contributed by atoms with van der Waals surface area (Å²) in [6.45, 7) is 3.02. The standard InChI is InChI=1S/C33H32N8O5S.C2HF3O2/c1-20(36-3)32(43)37-31-21(2)40(30(42)19-47(4,45)46)29-15-22(16-34)13-14-28(29)39(33(31)44)18-25-24-10-6-8-12-27(24)41(38-25)26-11-7-5-9-23(26)17-35;3-2(4,5)1(6)7/h5-15,20-21,31,36H,18-19H2,1-4H3,(H,37,43);(H,6,7)/t20-,21-,31-;/m0./s1. The number of para-hydroxylation sites is 2. The molecule has 15 nitrogen and oxygen atoms in total. The van der Waals surface area contributed by atoms with Crippen molar-refractivity contribution in [1.82, 2.24) is 20.4 Å². The minimum absolute atomic E-state index is 0.130. The van der Waals surface area contributed by atoms with Crippen molar-refractivity contribution in [3.63, 3.8) is 0 Å². The number of benzene rings is 3. The van der Waals surface area contributed by atoms with Crippen LogP contribution < -0.4 is 20.4 Å². The molecule has 2 heterocycles. The highest BCUT2D eigenvalue weighted by Crippen LogP contribution is 2.38. The molecule has 1 aliphatic heterocycles. The van der Waals surface area contributed by atoms with Crippen LogP contribution in [0.15, 0.2) is 66.7 Å². The second kappa shape index (κ2) is 16.1. The van der Waals surface area contributed by atoms with Gasteiger partial charge in [0, 0.05) is 11.6 Å². The number of aromatic nitrogens is 2. The minimum Gasteiger partial charge on any atom is -0.475 e. The molecule has 0 saturated carbocycles. The number of carboxylic acids is 1. The predicted octanol–water partition coefficient (Wildman–Crippen LogP) is 2.81. The molecule has 0 fully saturated rings. The molecule has 5 rings (SSSR count). The molecule has 3 amide bonds. The summed E-state index contributed by atoms with van der Waals surface area (Å²) in [6, 6.07) is 19.9. The minimum atomic E-state index is -5.08. The predicted molar refractivity (Wildman–Crippen MR) is 189 cm³/mol. The highest BCUT2D eigenvalue weighted by atomic mass is 32.2. The Balaban J connectivity index is 0.000000845. The van der Waals surface area contributed by atoms with Gasteiger partial charge in [0.2, 0.25) is 11.8 Å². The number of anilines is 2. The zero-order valence-electron chi connectivity index (χ0n) is 29.1. The van der Waals surface area contributed by atoms with Crippen LogP contribution in [0.4, 0.5) is 24.5 Å². The molecule has 282 valence electrons. The van der Waals surface area contributed by atoms with Crippen molar-refractivity contribution in [1.29, 1.82) is 10.5 Å². The normalized spacial score (nSPS) is 16.2. The van der Waals surface area contributed by atoms with Gasteiger partial charge in [-0.15, -0.1) is 0 Å². The number of carbonyl (C=O) groups is 4. The first-order chi connectivity index (χ1) is 25.3. The van der Waals surface area contributed by atoms with Crippen molar-refractivity contribution in [2.45, 2.75) is 44.7 Å². The number of hydrogen-bond acceptors (Lipinski definition) is 10. The van der Waals surface area contributed by atoms with Crippen LogP contribution in [0.25, 0.3) is 16.6 Å². The number of alkyl halides is 3. The van der Waals surface area contributed by atoms with Crippen molar-refractivity contribution in [3.05, 3.63) is 83.6 Å². The lowest BCUT2D eigenvalue weighted by Gasteiger charge is -2.32. The molecule has 54 heavy (non-hydrogen) atoms. The van der Waals surface area contributed by atoms with Crippen LogP contribution in [0, 0.1) is 22.7 Å². The Morgan fingerprint density at radius 2 is 1.63 bits per heavy atom. The molecule has 1 aromatic heterocycles. The first-order valence-electron chi connectivity index (χ1n) is 15.9. The zero-order chi connectivity index (χ0) is 40.1. The molecular weight excluding hydrogens is 733 g/mol. The first kappa shape index (κ1) is 40.5. The van der Waals surface area contributed by atoms with Crippen LogP contribution in [0.5, 0.6) is 0 Å². The number of nitriles is 2. The summed E-state index contributed by atoms with van der Waals surface area (Å²) in [5, 5.41) is 37.8. The maximum absolute atomic E-state index is 14.6. The van der Waals surface area contributed by atoms with Gasteiger partial charge in [0.15, 0.2) is 9.84 Å². The molecule has 0 radical (unpaired) electrons. The summed E-state index contributed by atoms with van der Waals surface area (Å²) in [5.74, 6) is -5.53. The van der Waals surface area contributed by atoms with Crippen molar-refractivity contribution < 1.29 is 45.9 Å². The molecular formula is C35H33F3N8O7S. The number of carboxylic acid groups (broad SMARTS) is 1. The first-order valence-corrected chi connectivity index (χ1v) is 18.0. The highest BCUT2D eigenvalue weighted by molar-refractivity contribution is 7.91. The van der Waals surface area contributed by atoms with Gasteiger partial charge >= 0.3 is 12.1 Å². The molecule has 3 aromatic carbocycles. The van der Waals surface area contributed by atoms with Crippen LogP contribution in [0.2, 0.25) is 0 Å².